The fourth-order valence-corrected chi connectivity index (χ4v) is 3.23. The van der Waals surface area contributed by atoms with Gasteiger partial charge in [-0.05, 0) is 60.7 Å². The van der Waals surface area contributed by atoms with Gasteiger partial charge in [0.1, 0.15) is 12.4 Å². The van der Waals surface area contributed by atoms with Crippen molar-refractivity contribution in [3.63, 3.8) is 0 Å². The number of nitrogens with one attached hydrogen (secondary N) is 2. The third-order valence-electron chi connectivity index (χ3n) is 4.44. The fourth-order valence-electron chi connectivity index (χ4n) is 3.23. The number of ether oxygens (including phenoxy) is 1. The van der Waals surface area contributed by atoms with E-state index in [1.807, 2.05) is 66.8 Å². The molecule has 134 valence electrons. The van der Waals surface area contributed by atoms with E-state index in [1.54, 1.807) is 0 Å². The molecule has 5 nitrogen and oxygen atoms in total. The molecule has 2 N–H and O–H groups in total. The highest BCUT2D eigenvalue weighted by Crippen LogP contribution is 2.24. The number of H-pyrrole nitrogens is 2. The Morgan fingerprint density at radius 3 is 2.11 bits per heavy atom. The molecule has 2 aliphatic heterocycles. The van der Waals surface area contributed by atoms with Crippen molar-refractivity contribution in [1.29, 1.82) is 0 Å². The maximum atomic E-state index is 5.71. The van der Waals surface area contributed by atoms with E-state index in [0.29, 0.717) is 5.75 Å². The summed E-state index contributed by atoms with van der Waals surface area (Å²) in [6, 6.07) is 13.9. The van der Waals surface area contributed by atoms with Gasteiger partial charge in [-0.25, -0.2) is 9.97 Å². The van der Waals surface area contributed by atoms with Crippen LogP contribution in [0.3, 0.4) is 0 Å². The number of aromatic amines is 2. The average molecular weight is 364 g/mol. The van der Waals surface area contributed by atoms with Crippen LogP contribution >= 0.6 is 0 Å². The molecule has 5 rings (SSSR count). The third kappa shape index (κ3) is 3.19. The van der Waals surface area contributed by atoms with Crippen LogP contribution in [0.1, 0.15) is 22.8 Å². The summed E-state index contributed by atoms with van der Waals surface area (Å²) in [5.41, 5.74) is 7.16. The molecule has 28 heavy (non-hydrogen) atoms. The van der Waals surface area contributed by atoms with Crippen molar-refractivity contribution in [2.45, 2.75) is 0 Å². The largest absolute Gasteiger partial charge is 0.479 e. The molecule has 0 radical (unpaired) electrons. The van der Waals surface area contributed by atoms with Crippen LogP contribution in [0.2, 0.25) is 0 Å². The van der Waals surface area contributed by atoms with Gasteiger partial charge in [0.2, 0.25) is 0 Å². The van der Waals surface area contributed by atoms with Crippen LogP contribution in [0.15, 0.2) is 42.5 Å². The number of hydrogen-bond acceptors (Lipinski definition) is 3. The first-order valence-corrected chi connectivity index (χ1v) is 8.90. The number of nitrogens with zero attached hydrogens (tertiary/aromatic N) is 2. The third-order valence-corrected chi connectivity index (χ3v) is 4.44. The molecule has 2 aliphatic rings. The monoisotopic (exact) mass is 364 g/mol. The van der Waals surface area contributed by atoms with E-state index in [4.69, 9.17) is 11.2 Å². The second-order valence-corrected chi connectivity index (χ2v) is 6.53. The van der Waals surface area contributed by atoms with E-state index in [-0.39, 0.29) is 6.61 Å². The topological polar surface area (TPSA) is 66.6 Å². The fraction of sp³-hybridized carbons (Fsp3) is 0.0435. The summed E-state index contributed by atoms with van der Waals surface area (Å²) in [7, 11) is 0. The standard InChI is InChI=1S/C23H16N4O/c1-2-9-28-23-14-21-12-19-6-5-17(25-19)10-15-3-4-16(24-15)11-18-7-8-20(26-18)13-22(23)27-21/h1,3-8,10-14,25,27H,9H2. The lowest BCUT2D eigenvalue weighted by Gasteiger charge is -1.97. The molecule has 3 aromatic heterocycles. The number of rotatable bonds is 2. The highest BCUT2D eigenvalue weighted by atomic mass is 16.5. The van der Waals surface area contributed by atoms with Crippen LogP contribution in [0.25, 0.3) is 46.4 Å². The Bertz CT molecular complexity index is 1330. The summed E-state index contributed by atoms with van der Waals surface area (Å²) >= 11 is 0. The number of aromatic nitrogens is 4. The minimum absolute atomic E-state index is 0.206. The molecule has 0 amide bonds. The van der Waals surface area contributed by atoms with Gasteiger partial charge in [-0.3, -0.25) is 0 Å². The molecule has 0 spiro atoms. The molecule has 0 atom stereocenters. The van der Waals surface area contributed by atoms with Crippen LogP contribution in [-0.2, 0) is 0 Å². The van der Waals surface area contributed by atoms with E-state index in [9.17, 15) is 0 Å². The molecular formula is C23H16N4O. The molecule has 0 unspecified atom stereocenters. The Labute approximate surface area is 161 Å². The number of hydrogen-bond donors (Lipinski definition) is 2. The van der Waals surface area contributed by atoms with Gasteiger partial charge in [0, 0.05) is 22.6 Å². The van der Waals surface area contributed by atoms with Crippen molar-refractivity contribution in [1.82, 2.24) is 19.9 Å². The normalized spacial score (nSPS) is 12.1. The average Bonchev–Trinajstić information content (AvgIpc) is 3.45. The van der Waals surface area contributed by atoms with Gasteiger partial charge < -0.3 is 14.7 Å². The van der Waals surface area contributed by atoms with Gasteiger partial charge in [-0.1, -0.05) is 5.92 Å². The van der Waals surface area contributed by atoms with Crippen molar-refractivity contribution in [3.05, 3.63) is 65.2 Å². The van der Waals surface area contributed by atoms with E-state index in [0.717, 1.165) is 44.8 Å². The highest BCUT2D eigenvalue weighted by molar-refractivity contribution is 5.79. The summed E-state index contributed by atoms with van der Waals surface area (Å²) in [4.78, 5) is 16.0. The summed E-state index contributed by atoms with van der Waals surface area (Å²) < 4.78 is 5.71. The zero-order chi connectivity index (χ0) is 18.9. The van der Waals surface area contributed by atoms with Crippen LogP contribution in [0.5, 0.6) is 5.75 Å². The first-order valence-electron chi connectivity index (χ1n) is 8.90. The maximum absolute atomic E-state index is 5.71. The van der Waals surface area contributed by atoms with Gasteiger partial charge in [0.05, 0.1) is 28.3 Å². The molecule has 3 aromatic rings. The predicted molar refractivity (Wildman–Crippen MR) is 113 cm³/mol. The SMILES string of the molecule is C#CCOc1cc2cc3ccc(cc4nc(cc5nc(cc1[nH]2)C=C5)C=C4)[nH]3. The Morgan fingerprint density at radius 2 is 1.39 bits per heavy atom. The van der Waals surface area contributed by atoms with E-state index < -0.39 is 0 Å². The zero-order valence-corrected chi connectivity index (χ0v) is 14.9. The molecule has 0 aliphatic carbocycles. The van der Waals surface area contributed by atoms with Crippen LogP contribution in [0.4, 0.5) is 0 Å². The van der Waals surface area contributed by atoms with E-state index in [2.05, 4.69) is 25.9 Å². The molecule has 8 bridgehead atoms. The van der Waals surface area contributed by atoms with Crippen molar-refractivity contribution in [2.24, 2.45) is 0 Å². The van der Waals surface area contributed by atoms with Gasteiger partial charge in [-0.2, -0.15) is 0 Å². The van der Waals surface area contributed by atoms with Crippen molar-refractivity contribution in [2.75, 3.05) is 6.61 Å². The Kier molecular flexibility index (Phi) is 3.81. The Balaban J connectivity index is 1.80. The molecular weight excluding hydrogens is 348 g/mol. The first kappa shape index (κ1) is 16.2. The summed E-state index contributed by atoms with van der Waals surface area (Å²) in [5, 5.41) is 0. The smallest absolute Gasteiger partial charge is 0.148 e. The molecule has 5 heterocycles. The van der Waals surface area contributed by atoms with Gasteiger partial charge >= 0.3 is 0 Å². The van der Waals surface area contributed by atoms with Crippen molar-refractivity contribution < 1.29 is 4.74 Å². The summed E-state index contributed by atoms with van der Waals surface area (Å²) in [5.74, 6) is 3.20. The highest BCUT2D eigenvalue weighted by Gasteiger charge is 2.05. The van der Waals surface area contributed by atoms with Crippen LogP contribution < -0.4 is 4.74 Å². The molecule has 0 aromatic carbocycles. The molecule has 0 saturated heterocycles. The van der Waals surface area contributed by atoms with Gasteiger partial charge in [-0.15, -0.1) is 6.42 Å². The Morgan fingerprint density at radius 1 is 0.750 bits per heavy atom. The second-order valence-electron chi connectivity index (χ2n) is 6.53. The van der Waals surface area contributed by atoms with Gasteiger partial charge in [0.25, 0.3) is 0 Å². The quantitative estimate of drug-likeness (QED) is 0.448. The number of fused-ring (bicyclic) bond motifs is 8. The lowest BCUT2D eigenvalue weighted by Crippen LogP contribution is -1.91. The van der Waals surface area contributed by atoms with E-state index >= 15 is 0 Å². The maximum Gasteiger partial charge on any atom is 0.148 e. The van der Waals surface area contributed by atoms with Gasteiger partial charge in [0.15, 0.2) is 0 Å². The first-order chi connectivity index (χ1) is 13.7. The van der Waals surface area contributed by atoms with E-state index in [1.165, 1.54) is 0 Å². The van der Waals surface area contributed by atoms with Crippen LogP contribution in [0, 0.1) is 12.3 Å². The Hall–Kier alpha value is -4.04. The lowest BCUT2D eigenvalue weighted by atomic mass is 10.3. The van der Waals surface area contributed by atoms with Crippen molar-refractivity contribution in [3.8, 4) is 18.1 Å². The minimum Gasteiger partial charge on any atom is -0.479 e. The molecule has 0 saturated carbocycles. The number of terminal acetylenes is 1. The predicted octanol–water partition coefficient (Wildman–Crippen LogP) is 4.67. The summed E-state index contributed by atoms with van der Waals surface area (Å²) in [6.07, 6.45) is 13.3. The molecule has 0 fully saturated rings. The van der Waals surface area contributed by atoms with Crippen molar-refractivity contribution >= 4 is 46.4 Å². The molecule has 5 heteroatoms. The summed E-state index contributed by atoms with van der Waals surface area (Å²) in [6.45, 7) is 0.206. The minimum atomic E-state index is 0.206. The zero-order valence-electron chi connectivity index (χ0n) is 14.9. The lowest BCUT2D eigenvalue weighted by molar-refractivity contribution is 0.375. The second kappa shape index (κ2) is 6.60. The van der Waals surface area contributed by atoms with Crippen LogP contribution in [-0.4, -0.2) is 26.5 Å².